The molecule has 6 nitrogen and oxygen atoms in total. The van der Waals surface area contributed by atoms with Gasteiger partial charge in [0.05, 0.1) is 13.1 Å². The van der Waals surface area contributed by atoms with Crippen molar-refractivity contribution in [3.8, 4) is 5.75 Å². The Morgan fingerprint density at radius 2 is 2.11 bits per heavy atom. The normalized spacial score (nSPS) is 22.0. The molecule has 0 saturated carbocycles. The number of aromatic nitrogens is 1. The van der Waals surface area contributed by atoms with Crippen LogP contribution in [0.25, 0.3) is 0 Å². The molecule has 2 aliphatic rings. The second kappa shape index (κ2) is 7.48. The number of aliphatic hydroxyl groups excluding tert-OH is 1. The maximum atomic E-state index is 13.4. The monoisotopic (exact) mass is 394 g/mol. The fourth-order valence-electron chi connectivity index (χ4n) is 3.62. The quantitative estimate of drug-likeness (QED) is 0.862. The number of carbonyl (C=O) groups excluding carboxylic acids is 1. The van der Waals surface area contributed by atoms with Gasteiger partial charge in [0, 0.05) is 5.02 Å². The smallest absolute Gasteiger partial charge is 0.276 e. The van der Waals surface area contributed by atoms with E-state index in [9.17, 15) is 14.3 Å². The van der Waals surface area contributed by atoms with E-state index in [1.54, 1.807) is 0 Å². The molecule has 8 heteroatoms. The Labute approximate surface area is 160 Å². The van der Waals surface area contributed by atoms with Gasteiger partial charge in [0.2, 0.25) is 5.89 Å². The first kappa shape index (κ1) is 18.3. The molecular formula is C19H20ClFN2O4. The number of fused-ring (bicyclic) bond motifs is 1. The van der Waals surface area contributed by atoms with E-state index >= 15 is 0 Å². The van der Waals surface area contributed by atoms with Gasteiger partial charge >= 0.3 is 0 Å². The summed E-state index contributed by atoms with van der Waals surface area (Å²) in [6.45, 7) is -0.110. The zero-order chi connectivity index (χ0) is 19.0. The number of rotatable bonds is 4. The van der Waals surface area contributed by atoms with E-state index in [0.29, 0.717) is 0 Å². The third-order valence-electron chi connectivity index (χ3n) is 5.06. The maximum Gasteiger partial charge on any atom is 0.276 e. The lowest BCUT2D eigenvalue weighted by Gasteiger charge is -2.20. The van der Waals surface area contributed by atoms with E-state index in [2.05, 4.69) is 4.98 Å². The predicted octanol–water partition coefficient (Wildman–Crippen LogP) is 2.94. The van der Waals surface area contributed by atoms with Gasteiger partial charge in [-0.15, -0.1) is 0 Å². The van der Waals surface area contributed by atoms with Crippen molar-refractivity contribution in [2.24, 2.45) is 0 Å². The first-order valence-corrected chi connectivity index (χ1v) is 9.39. The molecule has 1 aromatic heterocycles. The SMILES string of the molecule is O=C(c1coc(COc2ccc(Cl)c3c2CCCC3)n1)N1C[C@@H](O)[C@H](F)C1. The van der Waals surface area contributed by atoms with Crippen LogP contribution in [-0.2, 0) is 19.4 Å². The molecule has 2 atom stereocenters. The lowest BCUT2D eigenvalue weighted by atomic mass is 9.91. The Morgan fingerprint density at radius 1 is 1.33 bits per heavy atom. The number of hydrogen-bond acceptors (Lipinski definition) is 5. The van der Waals surface area contributed by atoms with E-state index in [4.69, 9.17) is 20.8 Å². The third kappa shape index (κ3) is 3.66. The van der Waals surface area contributed by atoms with Crippen LogP contribution in [0.3, 0.4) is 0 Å². The summed E-state index contributed by atoms with van der Waals surface area (Å²) in [5.74, 6) is 0.547. The van der Waals surface area contributed by atoms with E-state index in [1.807, 2.05) is 12.1 Å². The van der Waals surface area contributed by atoms with Crippen LogP contribution in [0.1, 0.15) is 40.3 Å². The minimum absolute atomic E-state index is 0.0460. The Balaban J connectivity index is 1.43. The number of ether oxygens (including phenoxy) is 1. The highest BCUT2D eigenvalue weighted by Gasteiger charge is 2.35. The van der Waals surface area contributed by atoms with Crippen molar-refractivity contribution in [1.29, 1.82) is 0 Å². The zero-order valence-corrected chi connectivity index (χ0v) is 15.4. The third-order valence-corrected chi connectivity index (χ3v) is 5.42. The van der Waals surface area contributed by atoms with Crippen molar-refractivity contribution in [1.82, 2.24) is 9.88 Å². The van der Waals surface area contributed by atoms with Crippen LogP contribution in [0, 0.1) is 0 Å². The lowest BCUT2D eigenvalue weighted by Crippen LogP contribution is -2.29. The minimum Gasteiger partial charge on any atom is -0.484 e. The second-order valence-electron chi connectivity index (χ2n) is 6.92. The average Bonchev–Trinajstić information content (AvgIpc) is 3.28. The summed E-state index contributed by atoms with van der Waals surface area (Å²) in [5.41, 5.74) is 2.33. The van der Waals surface area contributed by atoms with Crippen LogP contribution in [0.15, 0.2) is 22.8 Å². The summed E-state index contributed by atoms with van der Waals surface area (Å²) >= 11 is 6.28. The molecule has 0 spiro atoms. The van der Waals surface area contributed by atoms with E-state index in [1.165, 1.54) is 11.2 Å². The van der Waals surface area contributed by atoms with Gasteiger partial charge in [0.15, 0.2) is 12.3 Å². The van der Waals surface area contributed by atoms with Crippen LogP contribution in [-0.4, -0.2) is 46.3 Å². The summed E-state index contributed by atoms with van der Waals surface area (Å²) < 4.78 is 24.6. The molecular weight excluding hydrogens is 375 g/mol. The van der Waals surface area contributed by atoms with E-state index in [0.717, 1.165) is 47.6 Å². The standard InChI is InChI=1S/C19H20ClFN2O4/c20-13-5-6-17(12-4-2-1-3-11(12)13)26-10-18-22-15(9-27-18)19(25)23-7-14(21)16(24)8-23/h5-6,9,14,16,24H,1-4,7-8,10H2/t14-,16-/m1/s1. The number of nitrogens with zero attached hydrogens (tertiary/aromatic N) is 2. The van der Waals surface area contributed by atoms with Crippen molar-refractivity contribution in [3.63, 3.8) is 0 Å². The van der Waals surface area contributed by atoms with Crippen molar-refractivity contribution in [2.45, 2.75) is 44.6 Å². The van der Waals surface area contributed by atoms with Crippen molar-refractivity contribution < 1.29 is 23.4 Å². The largest absolute Gasteiger partial charge is 0.484 e. The summed E-state index contributed by atoms with van der Waals surface area (Å²) in [7, 11) is 0. The Hall–Kier alpha value is -2.12. The first-order valence-electron chi connectivity index (χ1n) is 9.02. The molecule has 0 radical (unpaired) electrons. The highest BCUT2D eigenvalue weighted by Crippen LogP contribution is 2.34. The molecule has 1 aliphatic heterocycles. The number of hydrogen-bond donors (Lipinski definition) is 1. The molecule has 1 aliphatic carbocycles. The number of aliphatic hydroxyl groups is 1. The van der Waals surface area contributed by atoms with Crippen molar-refractivity contribution in [2.75, 3.05) is 13.1 Å². The van der Waals surface area contributed by atoms with Crippen molar-refractivity contribution in [3.05, 3.63) is 46.1 Å². The van der Waals surface area contributed by atoms with Crippen molar-refractivity contribution >= 4 is 17.5 Å². The Bertz CT molecular complexity index is 846. The summed E-state index contributed by atoms with van der Waals surface area (Å²) in [6, 6.07) is 3.67. The molecule has 1 aromatic carbocycles. The molecule has 1 amide bonds. The highest BCUT2D eigenvalue weighted by molar-refractivity contribution is 6.31. The van der Waals surface area contributed by atoms with Gasteiger partial charge in [-0.1, -0.05) is 11.6 Å². The molecule has 2 heterocycles. The highest BCUT2D eigenvalue weighted by atomic mass is 35.5. The zero-order valence-electron chi connectivity index (χ0n) is 14.7. The fourth-order valence-corrected chi connectivity index (χ4v) is 3.89. The topological polar surface area (TPSA) is 75.8 Å². The minimum atomic E-state index is -1.43. The van der Waals surface area contributed by atoms with E-state index < -0.39 is 18.2 Å². The molecule has 1 saturated heterocycles. The average molecular weight is 395 g/mol. The van der Waals surface area contributed by atoms with Gasteiger partial charge in [-0.3, -0.25) is 4.79 Å². The van der Waals surface area contributed by atoms with Gasteiger partial charge in [0.1, 0.15) is 24.3 Å². The molecule has 1 fully saturated rings. The molecule has 144 valence electrons. The van der Waals surface area contributed by atoms with Crippen LogP contribution < -0.4 is 4.74 Å². The number of alkyl halides is 1. The molecule has 4 rings (SSSR count). The fraction of sp³-hybridized carbons (Fsp3) is 0.474. The van der Waals surface area contributed by atoms with Gasteiger partial charge in [0.25, 0.3) is 5.91 Å². The number of oxazole rings is 1. The number of halogens is 2. The van der Waals surface area contributed by atoms with Crippen LogP contribution in [0.2, 0.25) is 5.02 Å². The van der Waals surface area contributed by atoms with Gasteiger partial charge in [-0.2, -0.15) is 0 Å². The number of likely N-dealkylation sites (tertiary alicyclic amines) is 1. The molecule has 0 unspecified atom stereocenters. The molecule has 0 bridgehead atoms. The summed E-state index contributed by atoms with van der Waals surface area (Å²) in [6.07, 6.45) is 2.73. The maximum absolute atomic E-state index is 13.4. The first-order chi connectivity index (χ1) is 13.0. The summed E-state index contributed by atoms with van der Waals surface area (Å²) in [4.78, 5) is 17.7. The number of β-amino-alcohol motifs (C(OH)–C–C–N with tert-alkyl or cyclic N) is 1. The molecule has 1 N–H and O–H groups in total. The number of benzene rings is 1. The van der Waals surface area contributed by atoms with Crippen LogP contribution >= 0.6 is 11.6 Å². The lowest BCUT2D eigenvalue weighted by molar-refractivity contribution is 0.0758. The van der Waals surface area contributed by atoms with Gasteiger partial charge < -0.3 is 19.2 Å². The Morgan fingerprint density at radius 3 is 2.85 bits per heavy atom. The van der Waals surface area contributed by atoms with Gasteiger partial charge in [-0.05, 0) is 48.9 Å². The summed E-state index contributed by atoms with van der Waals surface area (Å²) in [5, 5.41) is 10.2. The number of amides is 1. The van der Waals surface area contributed by atoms with Gasteiger partial charge in [-0.25, -0.2) is 9.37 Å². The molecule has 2 aromatic rings. The van der Waals surface area contributed by atoms with Crippen LogP contribution in [0.4, 0.5) is 4.39 Å². The predicted molar refractivity (Wildman–Crippen MR) is 95.7 cm³/mol. The molecule has 27 heavy (non-hydrogen) atoms. The van der Waals surface area contributed by atoms with E-state index in [-0.39, 0.29) is 31.3 Å². The van der Waals surface area contributed by atoms with Crippen LogP contribution in [0.5, 0.6) is 5.75 Å². The number of carbonyl (C=O) groups is 1. The second-order valence-corrected chi connectivity index (χ2v) is 7.33. The Kier molecular flexibility index (Phi) is 5.06.